The Morgan fingerprint density at radius 2 is 1.83 bits per heavy atom. The minimum absolute atomic E-state index is 0.286. The summed E-state index contributed by atoms with van der Waals surface area (Å²) < 4.78 is 13.3. The second-order valence-electron chi connectivity index (χ2n) is 6.74. The highest BCUT2D eigenvalue weighted by molar-refractivity contribution is 5.96. The smallest absolute Gasteiger partial charge is 0.329 e. The lowest BCUT2D eigenvalue weighted by molar-refractivity contribution is -0.153. The molecule has 8 heteroatoms. The molecule has 152 valence electrons. The molecule has 1 amide bonds. The number of hydrogen-bond donors (Lipinski definition) is 1. The number of imidazole rings is 1. The van der Waals surface area contributed by atoms with Gasteiger partial charge in [0, 0.05) is 7.05 Å². The molecule has 1 atom stereocenters. The van der Waals surface area contributed by atoms with Crippen molar-refractivity contribution in [2.75, 3.05) is 12.4 Å². The summed E-state index contributed by atoms with van der Waals surface area (Å²) in [6, 6.07) is 12.5. The number of anilines is 1. The Morgan fingerprint density at radius 1 is 1.14 bits per heavy atom. The molecule has 0 fully saturated rings. The number of fused-ring (bicyclic) bond motifs is 1. The van der Waals surface area contributed by atoms with Crippen LogP contribution in [0.4, 0.5) is 5.69 Å². The van der Waals surface area contributed by atoms with Crippen LogP contribution in [-0.2, 0) is 27.9 Å². The molecule has 3 rings (SSSR count). The zero-order chi connectivity index (χ0) is 21.1. The molecule has 0 saturated heterocycles. The van der Waals surface area contributed by atoms with Crippen molar-refractivity contribution in [3.63, 3.8) is 0 Å². The summed E-state index contributed by atoms with van der Waals surface area (Å²) in [5.41, 5.74) is 2.44. The number of amides is 1. The van der Waals surface area contributed by atoms with Crippen LogP contribution in [0.15, 0.2) is 47.3 Å². The highest BCUT2D eigenvalue weighted by atomic mass is 16.5. The number of nitrogens with one attached hydrogen (secondary N) is 1. The molecule has 1 unspecified atom stereocenters. The standard InChI is InChI=1S/C21H23N3O5/c1-13-9-10-18(28-4)15(11-13)22-20(26)14(2)29-19(25)12-24-17-8-6-5-7-16(17)23(3)21(24)27/h5-11,14H,12H2,1-4H3,(H,22,26). The highest BCUT2D eigenvalue weighted by Crippen LogP contribution is 2.25. The molecule has 0 saturated carbocycles. The van der Waals surface area contributed by atoms with Gasteiger partial charge < -0.3 is 14.8 Å². The van der Waals surface area contributed by atoms with E-state index in [4.69, 9.17) is 9.47 Å². The summed E-state index contributed by atoms with van der Waals surface area (Å²) in [5, 5.41) is 2.70. The zero-order valence-electron chi connectivity index (χ0n) is 16.8. The van der Waals surface area contributed by atoms with Crippen molar-refractivity contribution in [1.29, 1.82) is 0 Å². The second-order valence-corrected chi connectivity index (χ2v) is 6.74. The van der Waals surface area contributed by atoms with Crippen LogP contribution < -0.4 is 15.7 Å². The first-order valence-corrected chi connectivity index (χ1v) is 9.11. The van der Waals surface area contributed by atoms with Crippen LogP contribution in [0.2, 0.25) is 0 Å². The minimum atomic E-state index is -1.04. The quantitative estimate of drug-likeness (QED) is 0.644. The number of benzene rings is 2. The maximum atomic E-state index is 12.4. The van der Waals surface area contributed by atoms with Gasteiger partial charge in [-0.3, -0.25) is 18.7 Å². The fourth-order valence-electron chi connectivity index (χ4n) is 3.09. The van der Waals surface area contributed by atoms with Crippen LogP contribution in [0.5, 0.6) is 5.75 Å². The Labute approximate surface area is 167 Å². The molecule has 0 aliphatic carbocycles. The van der Waals surface area contributed by atoms with Crippen LogP contribution in [0.3, 0.4) is 0 Å². The largest absolute Gasteiger partial charge is 0.495 e. The number of carbonyl (C=O) groups excluding carboxylic acids is 2. The molecule has 0 bridgehead atoms. The van der Waals surface area contributed by atoms with E-state index in [0.717, 1.165) is 5.56 Å². The molecule has 0 spiro atoms. The maximum Gasteiger partial charge on any atom is 0.329 e. The Morgan fingerprint density at radius 3 is 2.52 bits per heavy atom. The van der Waals surface area contributed by atoms with Crippen LogP contribution in [0, 0.1) is 6.92 Å². The number of ether oxygens (including phenoxy) is 2. The van der Waals surface area contributed by atoms with Crippen LogP contribution in [-0.4, -0.2) is 34.2 Å². The molecule has 8 nitrogen and oxygen atoms in total. The number of methoxy groups -OCH3 is 1. The number of esters is 1. The van der Waals surface area contributed by atoms with Gasteiger partial charge in [-0.15, -0.1) is 0 Å². The predicted octanol–water partition coefficient (Wildman–Crippen LogP) is 2.23. The topological polar surface area (TPSA) is 91.6 Å². The SMILES string of the molecule is COc1ccc(C)cc1NC(=O)C(C)OC(=O)Cn1c(=O)n(C)c2ccccc21. The van der Waals surface area contributed by atoms with Crippen molar-refractivity contribution in [3.8, 4) is 5.75 Å². The summed E-state index contributed by atoms with van der Waals surface area (Å²) in [6.45, 7) is 3.08. The number of aromatic nitrogens is 2. The molecule has 1 N–H and O–H groups in total. The molecule has 1 heterocycles. The van der Waals surface area contributed by atoms with Gasteiger partial charge in [-0.1, -0.05) is 18.2 Å². The Balaban J connectivity index is 1.70. The van der Waals surface area contributed by atoms with Gasteiger partial charge >= 0.3 is 11.7 Å². The number of rotatable bonds is 6. The summed E-state index contributed by atoms with van der Waals surface area (Å²) in [5.74, 6) is -0.667. The third-order valence-corrected chi connectivity index (χ3v) is 4.63. The van der Waals surface area contributed by atoms with Gasteiger partial charge in [-0.2, -0.15) is 0 Å². The molecule has 0 aliphatic heterocycles. The van der Waals surface area contributed by atoms with Gasteiger partial charge in [0.25, 0.3) is 5.91 Å². The first-order valence-electron chi connectivity index (χ1n) is 9.11. The summed E-state index contributed by atoms with van der Waals surface area (Å²) in [6.07, 6.45) is -1.04. The highest BCUT2D eigenvalue weighted by Gasteiger charge is 2.21. The average Bonchev–Trinajstić information content (AvgIpc) is 2.93. The molecule has 2 aromatic carbocycles. The predicted molar refractivity (Wildman–Crippen MR) is 109 cm³/mol. The Bertz CT molecular complexity index is 1130. The molecule has 1 aromatic heterocycles. The van der Waals surface area contributed by atoms with E-state index in [1.807, 2.05) is 19.1 Å². The van der Waals surface area contributed by atoms with E-state index in [-0.39, 0.29) is 12.2 Å². The summed E-state index contributed by atoms with van der Waals surface area (Å²) in [7, 11) is 3.14. The normalized spacial score (nSPS) is 11.9. The van der Waals surface area contributed by atoms with Crippen molar-refractivity contribution in [2.24, 2.45) is 7.05 Å². The third-order valence-electron chi connectivity index (χ3n) is 4.63. The number of nitrogens with zero attached hydrogens (tertiary/aromatic N) is 2. The van der Waals surface area contributed by atoms with Crippen molar-refractivity contribution in [3.05, 3.63) is 58.5 Å². The van der Waals surface area contributed by atoms with Crippen molar-refractivity contribution < 1.29 is 19.1 Å². The van der Waals surface area contributed by atoms with Crippen LogP contribution >= 0.6 is 0 Å². The van der Waals surface area contributed by atoms with Crippen LogP contribution in [0.1, 0.15) is 12.5 Å². The van der Waals surface area contributed by atoms with Gasteiger partial charge in [-0.25, -0.2) is 4.79 Å². The van der Waals surface area contributed by atoms with Gasteiger partial charge in [0.1, 0.15) is 12.3 Å². The van der Waals surface area contributed by atoms with Crippen molar-refractivity contribution in [2.45, 2.75) is 26.5 Å². The fourth-order valence-corrected chi connectivity index (χ4v) is 3.09. The fraction of sp³-hybridized carbons (Fsp3) is 0.286. The number of aryl methyl sites for hydroxylation is 2. The number of para-hydroxylation sites is 2. The molecule has 29 heavy (non-hydrogen) atoms. The van der Waals surface area contributed by atoms with Crippen molar-refractivity contribution >= 4 is 28.6 Å². The van der Waals surface area contributed by atoms with Gasteiger partial charge in [0.2, 0.25) is 0 Å². The lowest BCUT2D eigenvalue weighted by atomic mass is 10.2. The first-order chi connectivity index (χ1) is 13.8. The van der Waals surface area contributed by atoms with E-state index in [1.54, 1.807) is 37.4 Å². The molecular weight excluding hydrogens is 374 g/mol. The van der Waals surface area contributed by atoms with Crippen molar-refractivity contribution in [1.82, 2.24) is 9.13 Å². The monoisotopic (exact) mass is 397 g/mol. The molecule has 3 aromatic rings. The van der Waals surface area contributed by atoms with E-state index in [9.17, 15) is 14.4 Å². The van der Waals surface area contributed by atoms with Gasteiger partial charge in [0.05, 0.1) is 23.8 Å². The molecule has 0 radical (unpaired) electrons. The lowest BCUT2D eigenvalue weighted by Crippen LogP contribution is -2.33. The molecule has 0 aliphatic rings. The van der Waals surface area contributed by atoms with Gasteiger partial charge in [0.15, 0.2) is 6.10 Å². The second kappa shape index (κ2) is 8.22. The van der Waals surface area contributed by atoms with E-state index in [0.29, 0.717) is 22.5 Å². The van der Waals surface area contributed by atoms with E-state index in [1.165, 1.54) is 23.2 Å². The Kier molecular flexibility index (Phi) is 5.72. The van der Waals surface area contributed by atoms with E-state index < -0.39 is 18.0 Å². The zero-order valence-corrected chi connectivity index (χ0v) is 16.8. The molecular formula is C21H23N3O5. The third kappa shape index (κ3) is 4.16. The minimum Gasteiger partial charge on any atom is -0.495 e. The summed E-state index contributed by atoms with van der Waals surface area (Å²) in [4.78, 5) is 37.2. The van der Waals surface area contributed by atoms with E-state index in [2.05, 4.69) is 5.32 Å². The van der Waals surface area contributed by atoms with Crippen LogP contribution in [0.25, 0.3) is 11.0 Å². The maximum absolute atomic E-state index is 12.4. The average molecular weight is 397 g/mol. The summed E-state index contributed by atoms with van der Waals surface area (Å²) >= 11 is 0. The van der Waals surface area contributed by atoms with Gasteiger partial charge in [-0.05, 0) is 43.7 Å². The lowest BCUT2D eigenvalue weighted by Gasteiger charge is -2.16. The Hall–Kier alpha value is -3.55. The number of hydrogen-bond acceptors (Lipinski definition) is 5. The number of carbonyl (C=O) groups is 2. The first kappa shape index (κ1) is 20.2. The van der Waals surface area contributed by atoms with E-state index >= 15 is 0 Å².